The average Bonchev–Trinajstić information content (AvgIpc) is 2.61. The molecule has 0 spiro atoms. The van der Waals surface area contributed by atoms with Crippen molar-refractivity contribution in [2.24, 2.45) is 11.8 Å². The van der Waals surface area contributed by atoms with Crippen molar-refractivity contribution < 1.29 is 4.74 Å². The minimum atomic E-state index is 0.230. The van der Waals surface area contributed by atoms with Gasteiger partial charge in [0.25, 0.3) is 0 Å². The summed E-state index contributed by atoms with van der Waals surface area (Å²) in [4.78, 5) is 0. The second-order valence-electron chi connectivity index (χ2n) is 5.77. The summed E-state index contributed by atoms with van der Waals surface area (Å²) in [6, 6.07) is 8.60. The number of rotatable bonds is 0. The third-order valence-electron chi connectivity index (χ3n) is 4.91. The Balaban J connectivity index is 2.13. The highest BCUT2D eigenvalue weighted by molar-refractivity contribution is 5.45. The summed E-state index contributed by atoms with van der Waals surface area (Å²) in [5.74, 6) is 2.52. The van der Waals surface area contributed by atoms with Crippen molar-refractivity contribution in [2.75, 3.05) is 0 Å². The van der Waals surface area contributed by atoms with E-state index in [1.807, 2.05) is 0 Å². The summed E-state index contributed by atoms with van der Waals surface area (Å²) in [6.07, 6.45) is 3.01. The lowest BCUT2D eigenvalue weighted by Gasteiger charge is -2.44. The molecule has 86 valence electrons. The summed E-state index contributed by atoms with van der Waals surface area (Å²) < 4.78 is 6.20. The first-order chi connectivity index (χ1) is 7.64. The van der Waals surface area contributed by atoms with Crippen molar-refractivity contribution in [3.8, 4) is 5.75 Å². The van der Waals surface area contributed by atoms with E-state index in [1.54, 1.807) is 0 Å². The Morgan fingerprint density at radius 1 is 1.19 bits per heavy atom. The zero-order chi connectivity index (χ0) is 11.3. The molecule has 1 aliphatic carbocycles. The molecule has 1 aliphatic heterocycles. The van der Waals surface area contributed by atoms with Gasteiger partial charge >= 0.3 is 0 Å². The quantitative estimate of drug-likeness (QED) is 0.641. The molecule has 3 rings (SSSR count). The molecule has 0 amide bonds. The zero-order valence-electron chi connectivity index (χ0n) is 10.4. The van der Waals surface area contributed by atoms with Gasteiger partial charge in [-0.3, -0.25) is 0 Å². The lowest BCUT2D eigenvalue weighted by Crippen LogP contribution is -2.48. The van der Waals surface area contributed by atoms with Gasteiger partial charge in [0.05, 0.1) is 0 Å². The van der Waals surface area contributed by atoms with Crippen molar-refractivity contribution in [2.45, 2.75) is 45.1 Å². The molecule has 4 unspecified atom stereocenters. The Labute approximate surface area is 97.8 Å². The van der Waals surface area contributed by atoms with Gasteiger partial charge < -0.3 is 4.74 Å². The maximum Gasteiger partial charge on any atom is 0.123 e. The Kier molecular flexibility index (Phi) is 2.07. The first kappa shape index (κ1) is 10.2. The second kappa shape index (κ2) is 3.26. The smallest absolute Gasteiger partial charge is 0.123 e. The Bertz CT molecular complexity index is 412. The highest BCUT2D eigenvalue weighted by atomic mass is 16.5. The fraction of sp³-hybridized carbons (Fsp3) is 0.600. The zero-order valence-corrected chi connectivity index (χ0v) is 10.4. The van der Waals surface area contributed by atoms with Crippen molar-refractivity contribution in [1.29, 1.82) is 0 Å². The van der Waals surface area contributed by atoms with Crippen LogP contribution >= 0.6 is 0 Å². The van der Waals surface area contributed by atoms with Crippen LogP contribution in [0.1, 0.15) is 39.2 Å². The van der Waals surface area contributed by atoms with Gasteiger partial charge in [-0.15, -0.1) is 0 Å². The van der Waals surface area contributed by atoms with E-state index in [9.17, 15) is 0 Å². The van der Waals surface area contributed by atoms with Crippen LogP contribution < -0.4 is 4.74 Å². The topological polar surface area (TPSA) is 9.23 Å². The number of para-hydroxylation sites is 1. The minimum absolute atomic E-state index is 0.230. The number of fused-ring (bicyclic) bond motifs is 3. The lowest BCUT2D eigenvalue weighted by atomic mass is 9.61. The van der Waals surface area contributed by atoms with Crippen molar-refractivity contribution in [3.63, 3.8) is 0 Å². The lowest BCUT2D eigenvalue weighted by molar-refractivity contribution is 0.0283. The van der Waals surface area contributed by atoms with Crippen molar-refractivity contribution in [1.82, 2.24) is 0 Å². The highest BCUT2D eigenvalue weighted by Gasteiger charge is 2.52. The molecule has 1 aromatic carbocycles. The monoisotopic (exact) mass is 216 g/mol. The third-order valence-corrected chi connectivity index (χ3v) is 4.91. The summed E-state index contributed by atoms with van der Waals surface area (Å²) >= 11 is 0. The second-order valence-corrected chi connectivity index (χ2v) is 5.77. The number of hydrogen-bond donors (Lipinski definition) is 0. The maximum absolute atomic E-state index is 6.20. The summed E-state index contributed by atoms with van der Waals surface area (Å²) in [5.41, 5.74) is 1.66. The van der Waals surface area contributed by atoms with Gasteiger partial charge in [-0.05, 0) is 30.7 Å². The number of hydrogen-bond acceptors (Lipinski definition) is 1. The van der Waals surface area contributed by atoms with Crippen LogP contribution in [-0.4, -0.2) is 6.10 Å². The van der Waals surface area contributed by atoms with Crippen LogP contribution in [0.5, 0.6) is 5.75 Å². The van der Waals surface area contributed by atoms with E-state index in [0.29, 0.717) is 12.0 Å². The molecule has 0 radical (unpaired) electrons. The number of benzene rings is 1. The largest absolute Gasteiger partial charge is 0.489 e. The molecule has 1 saturated carbocycles. The fourth-order valence-corrected chi connectivity index (χ4v) is 3.64. The standard InChI is InChI=1S/C15H20O/c1-10-8-9-11(2)15(3)12-6-4-5-7-13(12)16-14(10)15/h4-7,10-11,14H,8-9H2,1-3H3. The van der Waals surface area contributed by atoms with Crippen LogP contribution in [0.2, 0.25) is 0 Å². The summed E-state index contributed by atoms with van der Waals surface area (Å²) in [7, 11) is 0. The van der Waals surface area contributed by atoms with Crippen LogP contribution in [0.3, 0.4) is 0 Å². The van der Waals surface area contributed by atoms with Gasteiger partial charge in [0, 0.05) is 11.0 Å². The van der Waals surface area contributed by atoms with Crippen LogP contribution in [0.25, 0.3) is 0 Å². The van der Waals surface area contributed by atoms with Gasteiger partial charge in [-0.25, -0.2) is 0 Å². The molecule has 2 aliphatic rings. The minimum Gasteiger partial charge on any atom is -0.489 e. The fourth-order valence-electron chi connectivity index (χ4n) is 3.64. The molecular weight excluding hydrogens is 196 g/mol. The molecule has 1 nitrogen and oxygen atoms in total. The van der Waals surface area contributed by atoms with Gasteiger partial charge in [0.15, 0.2) is 0 Å². The van der Waals surface area contributed by atoms with Gasteiger partial charge in [-0.2, -0.15) is 0 Å². The Morgan fingerprint density at radius 2 is 1.94 bits per heavy atom. The van der Waals surface area contributed by atoms with E-state index in [-0.39, 0.29) is 5.41 Å². The molecule has 1 fully saturated rings. The van der Waals surface area contributed by atoms with E-state index in [0.717, 1.165) is 11.7 Å². The molecule has 1 heterocycles. The predicted octanol–water partition coefficient (Wildman–Crippen LogP) is 3.77. The van der Waals surface area contributed by atoms with E-state index in [1.165, 1.54) is 18.4 Å². The molecule has 4 atom stereocenters. The molecule has 0 aromatic heterocycles. The van der Waals surface area contributed by atoms with Crippen molar-refractivity contribution >= 4 is 0 Å². The molecule has 1 aromatic rings. The van der Waals surface area contributed by atoms with Gasteiger partial charge in [0.2, 0.25) is 0 Å². The van der Waals surface area contributed by atoms with Crippen molar-refractivity contribution in [3.05, 3.63) is 29.8 Å². The van der Waals surface area contributed by atoms with Crippen LogP contribution in [0.15, 0.2) is 24.3 Å². The Hall–Kier alpha value is -0.980. The highest BCUT2D eigenvalue weighted by Crippen LogP contribution is 2.54. The first-order valence-corrected chi connectivity index (χ1v) is 6.40. The Morgan fingerprint density at radius 3 is 2.75 bits per heavy atom. The van der Waals surface area contributed by atoms with Gasteiger partial charge in [0.1, 0.15) is 11.9 Å². The molecular formula is C15H20O. The van der Waals surface area contributed by atoms with E-state index in [4.69, 9.17) is 4.74 Å². The van der Waals surface area contributed by atoms with Crippen LogP contribution in [0.4, 0.5) is 0 Å². The summed E-state index contributed by atoms with van der Waals surface area (Å²) in [5, 5.41) is 0. The molecule has 16 heavy (non-hydrogen) atoms. The van der Waals surface area contributed by atoms with E-state index < -0.39 is 0 Å². The molecule has 0 saturated heterocycles. The normalized spacial score (nSPS) is 41.1. The third kappa shape index (κ3) is 1.12. The maximum atomic E-state index is 6.20. The average molecular weight is 216 g/mol. The molecule has 1 heteroatoms. The van der Waals surface area contributed by atoms with Crippen LogP contribution in [0, 0.1) is 11.8 Å². The van der Waals surface area contributed by atoms with Gasteiger partial charge in [-0.1, -0.05) is 39.0 Å². The van der Waals surface area contributed by atoms with E-state index in [2.05, 4.69) is 45.0 Å². The van der Waals surface area contributed by atoms with E-state index >= 15 is 0 Å². The predicted molar refractivity (Wildman–Crippen MR) is 65.8 cm³/mol. The SMILES string of the molecule is CC1CCC(C)C2(C)c3ccccc3OC12. The van der Waals surface area contributed by atoms with Crippen LogP contribution in [-0.2, 0) is 5.41 Å². The summed E-state index contributed by atoms with van der Waals surface area (Å²) in [6.45, 7) is 7.11. The first-order valence-electron chi connectivity index (χ1n) is 6.40. The number of ether oxygens (including phenoxy) is 1. The molecule has 0 bridgehead atoms. The molecule has 0 N–H and O–H groups in total.